The fourth-order valence-electron chi connectivity index (χ4n) is 2.61. The van der Waals surface area contributed by atoms with E-state index < -0.39 is 13.6 Å². The number of halogens is 1. The number of carbonyl (C=O) groups is 1. The van der Waals surface area contributed by atoms with Gasteiger partial charge in [-0.25, -0.2) is 0 Å². The van der Waals surface area contributed by atoms with Crippen LogP contribution in [-0.2, 0) is 4.79 Å². The van der Waals surface area contributed by atoms with Crippen molar-refractivity contribution in [2.24, 2.45) is 5.73 Å². The molecule has 0 aromatic carbocycles. The maximum atomic E-state index is 11.2. The molecule has 0 unspecified atom stereocenters. The van der Waals surface area contributed by atoms with Gasteiger partial charge in [0.1, 0.15) is 0 Å². The molecule has 92 valence electrons. The predicted molar refractivity (Wildman–Crippen MR) is 65.0 cm³/mol. The van der Waals surface area contributed by atoms with E-state index in [1.807, 2.05) is 0 Å². The van der Waals surface area contributed by atoms with Gasteiger partial charge in [0.15, 0.2) is 0 Å². The quantitative estimate of drug-likeness (QED) is 0.529. The molecule has 0 fully saturated rings. The van der Waals surface area contributed by atoms with E-state index in [0.29, 0.717) is 19.3 Å². The SMILES string of the molecule is CC(C)[As+](CC(N)=O)(C(C)C)C(C)C.[I-]. The second-order valence-electron chi connectivity index (χ2n) is 4.90. The van der Waals surface area contributed by atoms with Crippen molar-refractivity contribution in [3.05, 3.63) is 0 Å². The Morgan fingerprint density at radius 3 is 1.33 bits per heavy atom. The third kappa shape index (κ3) is 4.26. The van der Waals surface area contributed by atoms with Gasteiger partial charge in [-0.3, -0.25) is 0 Å². The first-order valence-electron chi connectivity index (χ1n) is 5.40. The van der Waals surface area contributed by atoms with Gasteiger partial charge in [-0.05, 0) is 0 Å². The predicted octanol–water partition coefficient (Wildman–Crippen LogP) is 0.155. The van der Waals surface area contributed by atoms with Crippen molar-refractivity contribution in [3.63, 3.8) is 0 Å². The van der Waals surface area contributed by atoms with Crippen LogP contribution >= 0.6 is 0 Å². The van der Waals surface area contributed by atoms with Gasteiger partial charge in [0, 0.05) is 0 Å². The molecule has 0 aliphatic rings. The number of amides is 1. The van der Waals surface area contributed by atoms with Gasteiger partial charge in [-0.1, -0.05) is 0 Å². The molecule has 0 heterocycles. The normalized spacial score (nSPS) is 12.1. The summed E-state index contributed by atoms with van der Waals surface area (Å²) in [5.41, 5.74) is 5.40. The number of primary amides is 1. The van der Waals surface area contributed by atoms with Gasteiger partial charge < -0.3 is 24.0 Å². The minimum atomic E-state index is -1.95. The number of nitrogens with two attached hydrogens (primary N) is 1. The smallest absolute Gasteiger partial charge is 1.00 e. The molecule has 2 N–H and O–H groups in total. The van der Waals surface area contributed by atoms with E-state index in [1.165, 1.54) is 0 Å². The van der Waals surface area contributed by atoms with Crippen LogP contribution in [0.3, 0.4) is 0 Å². The van der Waals surface area contributed by atoms with Gasteiger partial charge >= 0.3 is 90.9 Å². The molecular formula is C11H25AsINO. The Kier molecular flexibility index (Phi) is 8.65. The van der Waals surface area contributed by atoms with Gasteiger partial charge in [0.25, 0.3) is 0 Å². The Bertz CT molecular complexity index is 183. The molecule has 15 heavy (non-hydrogen) atoms. The molecule has 0 aliphatic heterocycles. The summed E-state index contributed by atoms with van der Waals surface area (Å²) in [6.45, 7) is 13.6. The summed E-state index contributed by atoms with van der Waals surface area (Å²) >= 11 is -1.95. The zero-order chi connectivity index (χ0) is 11.5. The molecular weight excluding hydrogens is 364 g/mol. The molecule has 0 saturated heterocycles. The Hall–Kier alpha value is 0.758. The van der Waals surface area contributed by atoms with Gasteiger partial charge in [0.05, 0.1) is 0 Å². The van der Waals surface area contributed by atoms with E-state index in [-0.39, 0.29) is 29.9 Å². The fourth-order valence-corrected chi connectivity index (χ4v) is 13.5. The maximum absolute atomic E-state index is 11.2. The van der Waals surface area contributed by atoms with Gasteiger partial charge in [0.2, 0.25) is 0 Å². The number of hydrogen-bond acceptors (Lipinski definition) is 1. The summed E-state index contributed by atoms with van der Waals surface area (Å²) in [5, 5.41) is 0.672. The first-order valence-corrected chi connectivity index (χ1v) is 9.98. The van der Waals surface area contributed by atoms with Crippen LogP contribution in [-0.4, -0.2) is 19.5 Å². The molecule has 0 radical (unpaired) electrons. The van der Waals surface area contributed by atoms with Crippen molar-refractivity contribution in [2.45, 2.75) is 60.9 Å². The second-order valence-corrected chi connectivity index (χ2v) is 16.2. The van der Waals surface area contributed by atoms with Crippen molar-refractivity contribution < 1.29 is 28.8 Å². The third-order valence-corrected chi connectivity index (χ3v) is 17.2. The maximum Gasteiger partial charge on any atom is -1.00 e. The van der Waals surface area contributed by atoms with E-state index >= 15 is 0 Å². The van der Waals surface area contributed by atoms with Crippen LogP contribution in [0.1, 0.15) is 41.5 Å². The van der Waals surface area contributed by atoms with Crippen molar-refractivity contribution in [2.75, 3.05) is 0 Å². The Morgan fingerprint density at radius 1 is 1.00 bits per heavy atom. The van der Waals surface area contributed by atoms with Crippen LogP contribution in [0, 0.1) is 0 Å². The number of rotatable bonds is 5. The summed E-state index contributed by atoms with van der Waals surface area (Å²) in [6.07, 6.45) is 0. The fraction of sp³-hybridized carbons (Fsp3) is 0.909. The van der Waals surface area contributed by atoms with Crippen molar-refractivity contribution in [3.8, 4) is 0 Å². The first kappa shape index (κ1) is 18.1. The molecule has 0 rings (SSSR count). The van der Waals surface area contributed by atoms with E-state index in [9.17, 15) is 4.79 Å². The molecule has 0 bridgehead atoms. The molecule has 0 aromatic heterocycles. The average Bonchev–Trinajstić information content (AvgIpc) is 1.97. The second kappa shape index (κ2) is 7.16. The van der Waals surface area contributed by atoms with E-state index in [4.69, 9.17) is 5.73 Å². The standard InChI is InChI=1S/C11H24AsNO.HI/c1-8(2)12(9(3)4,10(5)6)7-11(13)14;/h8-10H,7H2,1-6H3,(H-,13,14);1H. The van der Waals surface area contributed by atoms with Crippen LogP contribution in [0.4, 0.5) is 0 Å². The minimum absolute atomic E-state index is 0. The molecule has 1 amide bonds. The number of carbonyl (C=O) groups excluding carboxylic acids is 1. The largest absolute Gasteiger partial charge is 1.00 e. The van der Waals surface area contributed by atoms with Crippen LogP contribution in [0.2, 0.25) is 19.3 Å². The Balaban J connectivity index is 0. The van der Waals surface area contributed by atoms with Crippen molar-refractivity contribution in [1.29, 1.82) is 0 Å². The van der Waals surface area contributed by atoms with Crippen molar-refractivity contribution >= 4 is 19.5 Å². The molecule has 0 aromatic rings. The zero-order valence-corrected chi connectivity index (χ0v) is 14.8. The molecule has 0 saturated carbocycles. The van der Waals surface area contributed by atoms with Gasteiger partial charge in [-0.2, -0.15) is 0 Å². The molecule has 0 atom stereocenters. The number of hydrogen-bond donors (Lipinski definition) is 1. The van der Waals surface area contributed by atoms with Crippen LogP contribution in [0.25, 0.3) is 0 Å². The monoisotopic (exact) mass is 389 g/mol. The van der Waals surface area contributed by atoms with Gasteiger partial charge in [-0.15, -0.1) is 0 Å². The van der Waals surface area contributed by atoms with E-state index in [2.05, 4.69) is 41.5 Å². The third-order valence-electron chi connectivity index (χ3n) is 3.31. The first-order chi connectivity index (χ1) is 6.25. The van der Waals surface area contributed by atoms with Crippen LogP contribution in [0.5, 0.6) is 0 Å². The topological polar surface area (TPSA) is 43.1 Å². The molecule has 2 nitrogen and oxygen atoms in total. The average molecular weight is 389 g/mol. The summed E-state index contributed by atoms with van der Waals surface area (Å²) in [4.78, 5) is 11.2. The van der Waals surface area contributed by atoms with Crippen LogP contribution in [0.15, 0.2) is 0 Å². The Morgan fingerprint density at radius 2 is 1.27 bits per heavy atom. The summed E-state index contributed by atoms with van der Waals surface area (Å²) < 4.78 is 1.96. The summed E-state index contributed by atoms with van der Waals surface area (Å²) in [7, 11) is 0. The van der Waals surface area contributed by atoms with E-state index in [1.54, 1.807) is 0 Å². The molecule has 0 aliphatic carbocycles. The minimum Gasteiger partial charge on any atom is -1.00 e. The summed E-state index contributed by atoms with van der Waals surface area (Å²) in [5.74, 6) is -0.103. The van der Waals surface area contributed by atoms with Crippen molar-refractivity contribution in [1.82, 2.24) is 0 Å². The Labute approximate surface area is 114 Å². The van der Waals surface area contributed by atoms with Crippen LogP contribution < -0.4 is 29.7 Å². The molecule has 0 spiro atoms. The van der Waals surface area contributed by atoms with E-state index in [0.717, 1.165) is 0 Å². The zero-order valence-electron chi connectivity index (χ0n) is 10.7. The summed E-state index contributed by atoms with van der Waals surface area (Å²) in [6, 6.07) is 0. The molecule has 4 heteroatoms.